The number of hydrogen-bond acceptors (Lipinski definition) is 7. The maximum atomic E-state index is 4.86. The highest BCUT2D eigenvalue weighted by atomic mass is 32.2. The minimum absolute atomic E-state index is 0.725. The number of pyridine rings is 1. The van der Waals surface area contributed by atoms with Crippen molar-refractivity contribution >= 4 is 28.7 Å². The lowest BCUT2D eigenvalue weighted by Crippen LogP contribution is -2.20. The van der Waals surface area contributed by atoms with Crippen molar-refractivity contribution in [3.05, 3.63) is 83.4 Å². The number of likely N-dealkylation sites (tertiary alicyclic amines) is 1. The molecule has 37 heavy (non-hydrogen) atoms. The molecule has 1 aromatic carbocycles. The fourth-order valence-corrected chi connectivity index (χ4v) is 6.53. The molecule has 0 amide bonds. The number of thioether (sulfide) groups is 1. The molecule has 0 radical (unpaired) electrons. The highest BCUT2D eigenvalue weighted by Crippen LogP contribution is 2.23. The van der Waals surface area contributed by atoms with Crippen molar-refractivity contribution in [1.82, 2.24) is 34.3 Å². The van der Waals surface area contributed by atoms with Crippen molar-refractivity contribution in [1.29, 1.82) is 0 Å². The number of benzene rings is 1. The summed E-state index contributed by atoms with van der Waals surface area (Å²) in [5.74, 6) is 1.77. The minimum atomic E-state index is 0.725. The summed E-state index contributed by atoms with van der Waals surface area (Å²) in [5, 5.41) is 11.4. The zero-order valence-electron chi connectivity index (χ0n) is 20.9. The Hall–Kier alpha value is -3.01. The highest BCUT2D eigenvalue weighted by Gasteiger charge is 2.12. The smallest absolute Gasteiger partial charge is 0.156 e. The van der Waals surface area contributed by atoms with Crippen LogP contribution in [0.4, 0.5) is 0 Å². The van der Waals surface area contributed by atoms with Crippen molar-refractivity contribution in [2.75, 3.05) is 25.4 Å². The van der Waals surface area contributed by atoms with E-state index >= 15 is 0 Å². The van der Waals surface area contributed by atoms with Gasteiger partial charge in [-0.25, -0.2) is 14.5 Å². The molecule has 1 aliphatic rings. The van der Waals surface area contributed by atoms with Gasteiger partial charge in [-0.2, -0.15) is 10.2 Å². The molecule has 1 aliphatic heterocycles. The molecule has 9 heteroatoms. The maximum Gasteiger partial charge on any atom is 0.156 e. The summed E-state index contributed by atoms with van der Waals surface area (Å²) in [6, 6.07) is 15.1. The van der Waals surface area contributed by atoms with Crippen LogP contribution in [-0.2, 0) is 19.4 Å². The molecule has 0 saturated carbocycles. The van der Waals surface area contributed by atoms with E-state index in [-0.39, 0.29) is 0 Å². The van der Waals surface area contributed by atoms with E-state index in [1.807, 2.05) is 39.1 Å². The molecule has 0 unspecified atom stereocenters. The molecule has 190 valence electrons. The highest BCUT2D eigenvalue weighted by molar-refractivity contribution is 8.00. The number of rotatable bonds is 11. The Kier molecular flexibility index (Phi) is 7.62. The van der Waals surface area contributed by atoms with E-state index in [0.29, 0.717) is 0 Å². The van der Waals surface area contributed by atoms with Crippen LogP contribution < -0.4 is 0 Å². The third-order valence-corrected chi connectivity index (χ3v) is 8.76. The number of fused-ring (bicyclic) bond motifs is 1. The second-order valence-electron chi connectivity index (χ2n) is 9.49. The molecule has 0 bridgehead atoms. The van der Waals surface area contributed by atoms with E-state index in [1.54, 1.807) is 23.1 Å². The number of nitrogens with zero attached hydrogens (tertiary/aromatic N) is 7. The summed E-state index contributed by atoms with van der Waals surface area (Å²) in [6.07, 6.45) is 11.7. The van der Waals surface area contributed by atoms with Crippen LogP contribution in [0.1, 0.15) is 36.2 Å². The van der Waals surface area contributed by atoms with Crippen LogP contribution in [0.25, 0.3) is 16.9 Å². The summed E-state index contributed by atoms with van der Waals surface area (Å²) >= 11 is 3.43. The first-order chi connectivity index (χ1) is 18.3. The van der Waals surface area contributed by atoms with E-state index in [0.717, 1.165) is 52.2 Å². The van der Waals surface area contributed by atoms with Gasteiger partial charge in [0.15, 0.2) is 11.5 Å². The van der Waals surface area contributed by atoms with E-state index in [9.17, 15) is 0 Å². The number of hydrogen-bond donors (Lipinski definition) is 0. The Morgan fingerprint density at radius 1 is 0.973 bits per heavy atom. The van der Waals surface area contributed by atoms with E-state index in [1.165, 1.54) is 50.0 Å². The Morgan fingerprint density at radius 2 is 1.84 bits per heavy atom. The summed E-state index contributed by atoms with van der Waals surface area (Å²) in [6.45, 7) is 4.61. The van der Waals surface area contributed by atoms with Crippen molar-refractivity contribution in [2.24, 2.45) is 0 Å². The number of aryl methyl sites for hydroxylation is 2. The van der Waals surface area contributed by atoms with Gasteiger partial charge in [-0.3, -0.25) is 4.68 Å². The van der Waals surface area contributed by atoms with Gasteiger partial charge in [-0.1, -0.05) is 42.1 Å². The number of thiazole rings is 1. The second kappa shape index (κ2) is 11.6. The molecule has 7 nitrogen and oxygen atoms in total. The second-order valence-corrected chi connectivity index (χ2v) is 11.7. The van der Waals surface area contributed by atoms with Crippen LogP contribution in [0.2, 0.25) is 0 Å². The van der Waals surface area contributed by atoms with Gasteiger partial charge in [0.1, 0.15) is 4.34 Å². The van der Waals surface area contributed by atoms with Gasteiger partial charge in [-0.15, -0.1) is 11.3 Å². The van der Waals surface area contributed by atoms with Gasteiger partial charge in [0.2, 0.25) is 0 Å². The molecular formula is C28H31N7S2. The molecule has 5 heterocycles. The first kappa shape index (κ1) is 24.3. The first-order valence-electron chi connectivity index (χ1n) is 13.0. The molecular weight excluding hydrogens is 498 g/mol. The van der Waals surface area contributed by atoms with Crippen molar-refractivity contribution in [3.8, 4) is 11.3 Å². The van der Waals surface area contributed by atoms with Crippen LogP contribution in [0.5, 0.6) is 0 Å². The van der Waals surface area contributed by atoms with Gasteiger partial charge >= 0.3 is 0 Å². The zero-order chi connectivity index (χ0) is 24.9. The lowest BCUT2D eigenvalue weighted by molar-refractivity contribution is 0.334. The molecule has 1 saturated heterocycles. The monoisotopic (exact) mass is 529 g/mol. The summed E-state index contributed by atoms with van der Waals surface area (Å²) in [5.41, 5.74) is 5.56. The van der Waals surface area contributed by atoms with Crippen molar-refractivity contribution in [2.45, 2.75) is 43.0 Å². The molecule has 4 aromatic heterocycles. The van der Waals surface area contributed by atoms with Crippen molar-refractivity contribution < 1.29 is 0 Å². The molecule has 0 N–H and O–H groups in total. The lowest BCUT2D eigenvalue weighted by Gasteiger charge is -2.13. The van der Waals surface area contributed by atoms with Crippen LogP contribution in [0.3, 0.4) is 0 Å². The predicted molar refractivity (Wildman–Crippen MR) is 150 cm³/mol. The Balaban J connectivity index is 1.08. The standard InChI is InChI=1S/C28H31N7S2/c1-2-14-33(13-1)15-4-5-22-8-10-23(11-9-22)19-26-31-27-7-3-6-25(35(27)32-26)24-20-30-34(21-24)16-18-37-28-29-12-17-36-28/h3,6-12,17,20-21H,1-2,4-5,13-16,18-19H2. The average molecular weight is 530 g/mol. The van der Waals surface area contributed by atoms with Gasteiger partial charge < -0.3 is 4.90 Å². The third-order valence-electron chi connectivity index (χ3n) is 6.81. The largest absolute Gasteiger partial charge is 0.303 e. The van der Waals surface area contributed by atoms with E-state index in [4.69, 9.17) is 10.1 Å². The van der Waals surface area contributed by atoms with Crippen molar-refractivity contribution in [3.63, 3.8) is 0 Å². The summed E-state index contributed by atoms with van der Waals surface area (Å²) in [4.78, 5) is 11.7. The molecule has 0 spiro atoms. The minimum Gasteiger partial charge on any atom is -0.303 e. The quantitative estimate of drug-likeness (QED) is 0.212. The van der Waals surface area contributed by atoms with Crippen LogP contribution in [-0.4, -0.2) is 59.6 Å². The maximum absolute atomic E-state index is 4.86. The molecule has 5 aromatic rings. The Morgan fingerprint density at radius 3 is 2.68 bits per heavy atom. The predicted octanol–water partition coefficient (Wildman–Crippen LogP) is 5.46. The SMILES string of the molecule is c1cc(-c2cnn(CCSc3nccs3)c2)n2nc(Cc3ccc(CCCN4CCCC4)cc3)nc2c1. The fourth-order valence-electron chi connectivity index (χ4n) is 4.89. The average Bonchev–Trinajstić information content (AvgIpc) is 3.72. The van der Waals surface area contributed by atoms with Gasteiger partial charge in [0.25, 0.3) is 0 Å². The number of aromatic nitrogens is 6. The van der Waals surface area contributed by atoms with Gasteiger partial charge in [0, 0.05) is 35.5 Å². The van der Waals surface area contributed by atoms with Gasteiger partial charge in [-0.05, 0) is 68.6 Å². The normalized spacial score (nSPS) is 14.2. The Bertz CT molecular complexity index is 1420. The fraction of sp³-hybridized carbons (Fsp3) is 0.357. The van der Waals surface area contributed by atoms with Crippen LogP contribution in [0.15, 0.2) is 70.8 Å². The third kappa shape index (κ3) is 6.11. The molecule has 1 fully saturated rings. The Labute approximate surface area is 225 Å². The topological polar surface area (TPSA) is 64.1 Å². The lowest BCUT2D eigenvalue weighted by atomic mass is 10.1. The molecule has 0 aliphatic carbocycles. The van der Waals surface area contributed by atoms with E-state index in [2.05, 4.69) is 51.5 Å². The van der Waals surface area contributed by atoms with Crippen LogP contribution in [0, 0.1) is 0 Å². The van der Waals surface area contributed by atoms with Gasteiger partial charge in [0.05, 0.1) is 18.4 Å². The summed E-state index contributed by atoms with van der Waals surface area (Å²) in [7, 11) is 0. The summed E-state index contributed by atoms with van der Waals surface area (Å²) < 4.78 is 5.02. The zero-order valence-corrected chi connectivity index (χ0v) is 22.5. The van der Waals surface area contributed by atoms with Crippen LogP contribution >= 0.6 is 23.1 Å². The first-order valence-corrected chi connectivity index (χ1v) is 14.9. The molecule has 6 rings (SSSR count). The van der Waals surface area contributed by atoms with E-state index < -0.39 is 0 Å². The molecule has 0 atom stereocenters.